The Morgan fingerprint density at radius 1 is 1.78 bits per heavy atom. The average Bonchev–Trinajstić information content (AvgIpc) is 1.87. The van der Waals surface area contributed by atoms with Gasteiger partial charge in [-0.05, 0) is 6.42 Å². The van der Waals surface area contributed by atoms with Crippen LogP contribution in [0.2, 0.25) is 0 Å². The highest BCUT2D eigenvalue weighted by Gasteiger charge is 2.05. The van der Waals surface area contributed by atoms with E-state index in [1.54, 1.807) is 6.92 Å². The van der Waals surface area contributed by atoms with Crippen LogP contribution < -0.4 is 0 Å². The number of rotatable bonds is 3. The normalized spacial score (nSPS) is 15.8. The van der Waals surface area contributed by atoms with E-state index < -0.39 is 5.83 Å². The highest BCUT2D eigenvalue weighted by molar-refractivity contribution is 14.1. The van der Waals surface area contributed by atoms with E-state index in [4.69, 9.17) is 0 Å². The first-order valence-electron chi connectivity index (χ1n) is 2.74. The topological polar surface area (TPSA) is 0 Å². The van der Waals surface area contributed by atoms with Crippen molar-refractivity contribution in [2.45, 2.75) is 13.3 Å². The monoisotopic (exact) mass is 246 g/mol. The Hall–Kier alpha value is 0.330. The summed E-state index contributed by atoms with van der Waals surface area (Å²) in [4.78, 5) is 0. The summed E-state index contributed by atoms with van der Waals surface area (Å²) in [6, 6.07) is 0. The van der Waals surface area contributed by atoms with E-state index in [1.807, 2.05) is 0 Å². The second-order valence-corrected chi connectivity index (χ2v) is 2.95. The van der Waals surface area contributed by atoms with Crippen LogP contribution in [0.1, 0.15) is 13.3 Å². The molecule has 0 aromatic rings. The molecule has 0 radical (unpaired) electrons. The van der Waals surface area contributed by atoms with Crippen molar-refractivity contribution in [2.24, 2.45) is 5.92 Å². The van der Waals surface area contributed by atoms with Crippen molar-refractivity contribution in [2.75, 3.05) is 4.43 Å². The van der Waals surface area contributed by atoms with Crippen molar-refractivity contribution < 1.29 is 8.78 Å². The molecule has 9 heavy (non-hydrogen) atoms. The Kier molecular flexibility index (Phi) is 5.33. The molecule has 3 heteroatoms. The van der Waals surface area contributed by atoms with E-state index >= 15 is 0 Å². The van der Waals surface area contributed by atoms with Gasteiger partial charge in [-0.2, -0.15) is 0 Å². The Bertz CT molecular complexity index is 101. The van der Waals surface area contributed by atoms with Gasteiger partial charge in [-0.3, -0.25) is 0 Å². The summed E-state index contributed by atoms with van der Waals surface area (Å²) in [5.74, 6) is -0.904. The minimum atomic E-state index is -0.647. The van der Waals surface area contributed by atoms with Crippen molar-refractivity contribution >= 4 is 22.6 Å². The van der Waals surface area contributed by atoms with E-state index in [-0.39, 0.29) is 12.2 Å². The van der Waals surface area contributed by atoms with Gasteiger partial charge >= 0.3 is 0 Å². The standard InChI is InChI=1S/C6H9F2I/c1-5(2-3-9)6(8)4-7/h4-5H,2-3H2,1H3. The maximum Gasteiger partial charge on any atom is 0.131 e. The minimum absolute atomic E-state index is 0.0387. The number of allylic oxidation sites excluding steroid dienone is 1. The lowest BCUT2D eigenvalue weighted by Gasteiger charge is -2.02. The van der Waals surface area contributed by atoms with Crippen LogP contribution in [-0.2, 0) is 0 Å². The van der Waals surface area contributed by atoms with Gasteiger partial charge in [-0.1, -0.05) is 29.5 Å². The van der Waals surface area contributed by atoms with Crippen molar-refractivity contribution in [3.63, 3.8) is 0 Å². The third-order valence-corrected chi connectivity index (χ3v) is 1.74. The van der Waals surface area contributed by atoms with Crippen LogP contribution in [-0.4, -0.2) is 4.43 Å². The molecule has 0 nitrogen and oxygen atoms in total. The first-order valence-corrected chi connectivity index (χ1v) is 4.26. The van der Waals surface area contributed by atoms with E-state index in [0.29, 0.717) is 6.42 Å². The molecule has 0 saturated heterocycles. The molecule has 0 aromatic carbocycles. The van der Waals surface area contributed by atoms with Crippen molar-refractivity contribution in [3.8, 4) is 0 Å². The van der Waals surface area contributed by atoms with Crippen LogP contribution in [0.25, 0.3) is 0 Å². The molecule has 1 atom stereocenters. The first kappa shape index (κ1) is 9.33. The minimum Gasteiger partial charge on any atom is -0.213 e. The van der Waals surface area contributed by atoms with E-state index in [0.717, 1.165) is 4.43 Å². The molecular formula is C6H9F2I. The molecule has 0 amide bonds. The number of halogens is 3. The zero-order valence-corrected chi connectivity index (χ0v) is 7.36. The highest BCUT2D eigenvalue weighted by Crippen LogP contribution is 2.16. The Balaban J connectivity index is 3.59. The second-order valence-electron chi connectivity index (χ2n) is 1.87. The summed E-state index contributed by atoms with van der Waals surface area (Å²) in [5, 5.41) is 0. The van der Waals surface area contributed by atoms with E-state index in [2.05, 4.69) is 22.6 Å². The molecule has 0 fully saturated rings. The van der Waals surface area contributed by atoms with Gasteiger partial charge in [0.15, 0.2) is 0 Å². The lowest BCUT2D eigenvalue weighted by Crippen LogP contribution is -1.94. The van der Waals surface area contributed by atoms with Crippen LogP contribution in [0.15, 0.2) is 12.2 Å². The summed E-state index contributed by atoms with van der Waals surface area (Å²) in [7, 11) is 0. The van der Waals surface area contributed by atoms with Gasteiger partial charge in [-0.25, -0.2) is 8.78 Å². The summed E-state index contributed by atoms with van der Waals surface area (Å²) < 4.78 is 24.5. The molecule has 0 heterocycles. The molecule has 0 N–H and O–H groups in total. The predicted molar refractivity (Wildman–Crippen MR) is 43.0 cm³/mol. The molecule has 0 spiro atoms. The zero-order valence-electron chi connectivity index (χ0n) is 5.20. The van der Waals surface area contributed by atoms with Crippen LogP contribution in [0.5, 0.6) is 0 Å². The Morgan fingerprint density at radius 3 is 2.67 bits per heavy atom. The largest absolute Gasteiger partial charge is 0.213 e. The van der Waals surface area contributed by atoms with Crippen molar-refractivity contribution in [3.05, 3.63) is 12.2 Å². The summed E-state index contributed by atoms with van der Waals surface area (Å²) in [6.07, 6.45) is 0.740. The summed E-state index contributed by atoms with van der Waals surface area (Å²) in [6.45, 7) is 1.67. The fourth-order valence-corrected chi connectivity index (χ4v) is 1.34. The molecule has 0 saturated carbocycles. The Morgan fingerprint density at radius 2 is 2.33 bits per heavy atom. The van der Waals surface area contributed by atoms with Gasteiger partial charge in [0.25, 0.3) is 0 Å². The Labute approximate surface area is 67.5 Å². The molecule has 0 rings (SSSR count). The lowest BCUT2D eigenvalue weighted by molar-refractivity contribution is 0.462. The summed E-state index contributed by atoms with van der Waals surface area (Å²) >= 11 is 2.14. The van der Waals surface area contributed by atoms with E-state index in [1.165, 1.54) is 0 Å². The predicted octanol–water partition coefficient (Wildman–Crippen LogP) is 3.23. The fraction of sp³-hybridized carbons (Fsp3) is 0.667. The van der Waals surface area contributed by atoms with Crippen LogP contribution in [0.4, 0.5) is 8.78 Å². The zero-order chi connectivity index (χ0) is 7.28. The summed E-state index contributed by atoms with van der Waals surface area (Å²) in [5.41, 5.74) is 0. The number of hydrogen-bond acceptors (Lipinski definition) is 0. The molecule has 54 valence electrons. The number of alkyl halides is 1. The molecular weight excluding hydrogens is 237 g/mol. The van der Waals surface area contributed by atoms with Gasteiger partial charge in [0.2, 0.25) is 0 Å². The van der Waals surface area contributed by atoms with Crippen LogP contribution in [0.3, 0.4) is 0 Å². The second kappa shape index (κ2) is 5.14. The molecule has 0 aliphatic carbocycles. The number of hydrogen-bond donors (Lipinski definition) is 0. The molecule has 0 aliphatic heterocycles. The molecule has 0 bridgehead atoms. The molecule has 0 aromatic heterocycles. The van der Waals surface area contributed by atoms with E-state index in [9.17, 15) is 8.78 Å². The van der Waals surface area contributed by atoms with Crippen molar-refractivity contribution in [1.82, 2.24) is 0 Å². The maximum absolute atomic E-state index is 12.2. The van der Waals surface area contributed by atoms with Gasteiger partial charge in [0.1, 0.15) is 12.2 Å². The fourth-order valence-electron chi connectivity index (χ4n) is 0.409. The lowest BCUT2D eigenvalue weighted by atomic mass is 10.1. The van der Waals surface area contributed by atoms with Gasteiger partial charge in [-0.15, -0.1) is 0 Å². The van der Waals surface area contributed by atoms with Gasteiger partial charge < -0.3 is 0 Å². The highest BCUT2D eigenvalue weighted by atomic mass is 127. The smallest absolute Gasteiger partial charge is 0.131 e. The SMILES string of the molecule is CC(CCI)C(F)=CF. The van der Waals surface area contributed by atoms with Gasteiger partial charge in [0.05, 0.1) is 0 Å². The average molecular weight is 246 g/mol. The van der Waals surface area contributed by atoms with Gasteiger partial charge in [0, 0.05) is 10.3 Å². The quantitative estimate of drug-likeness (QED) is 0.529. The van der Waals surface area contributed by atoms with Crippen LogP contribution in [0, 0.1) is 5.92 Å². The third-order valence-electron chi connectivity index (χ3n) is 1.12. The van der Waals surface area contributed by atoms with Crippen molar-refractivity contribution in [1.29, 1.82) is 0 Å². The maximum atomic E-state index is 12.2. The third kappa shape index (κ3) is 3.83. The molecule has 1 unspecified atom stereocenters. The van der Waals surface area contributed by atoms with Crippen LogP contribution >= 0.6 is 22.6 Å². The molecule has 0 aliphatic rings. The first-order chi connectivity index (χ1) is 4.22.